The molecule has 4 heterocycles. The van der Waals surface area contributed by atoms with Gasteiger partial charge in [-0.15, -0.1) is 0 Å². The molecule has 4 bridgehead atoms. The van der Waals surface area contributed by atoms with Gasteiger partial charge in [0.2, 0.25) is 0 Å². The van der Waals surface area contributed by atoms with Crippen molar-refractivity contribution in [3.8, 4) is 11.5 Å². The van der Waals surface area contributed by atoms with Gasteiger partial charge in [0.1, 0.15) is 0 Å². The number of piperidine rings is 2. The number of aliphatic hydroxyl groups excluding tert-OH is 1. The number of para-hydroxylation sites is 1. The Hall–Kier alpha value is -1.30. The van der Waals surface area contributed by atoms with Gasteiger partial charge in [-0.05, 0) is 17.9 Å². The summed E-state index contributed by atoms with van der Waals surface area (Å²) in [5.74, 6) is 1.57. The number of phenols is 1. The van der Waals surface area contributed by atoms with Crippen LogP contribution in [0.1, 0.15) is 39.4 Å². The Balaban J connectivity index is 1.79. The molecular weight excluding hydrogens is 328 g/mol. The van der Waals surface area contributed by atoms with Crippen LogP contribution in [0.15, 0.2) is 18.2 Å². The lowest BCUT2D eigenvalue weighted by molar-refractivity contribution is -0.287. The van der Waals surface area contributed by atoms with Gasteiger partial charge in [-0.3, -0.25) is 9.80 Å². The van der Waals surface area contributed by atoms with E-state index in [0.717, 1.165) is 31.7 Å². The quantitative estimate of drug-likeness (QED) is 0.865. The van der Waals surface area contributed by atoms with E-state index < -0.39 is 0 Å². The molecule has 4 fully saturated rings. The second-order valence-electron chi connectivity index (χ2n) is 9.26. The van der Waals surface area contributed by atoms with Crippen LogP contribution in [0.3, 0.4) is 0 Å². The fraction of sp³-hybridized carbons (Fsp3) is 0.714. The van der Waals surface area contributed by atoms with Crippen LogP contribution < -0.4 is 4.74 Å². The lowest BCUT2D eigenvalue weighted by Gasteiger charge is -2.71. The zero-order chi connectivity index (χ0) is 18.9. The molecule has 2 N–H and O–H groups in total. The summed E-state index contributed by atoms with van der Waals surface area (Å²) in [4.78, 5) is 4.96. The van der Waals surface area contributed by atoms with Crippen LogP contribution in [0.4, 0.5) is 0 Å². The third-order valence-corrected chi connectivity index (χ3v) is 7.60. The van der Waals surface area contributed by atoms with Crippen molar-refractivity contribution in [1.29, 1.82) is 0 Å². The monoisotopic (exact) mass is 360 g/mol. The lowest BCUT2D eigenvalue weighted by atomic mass is 9.52. The van der Waals surface area contributed by atoms with Crippen molar-refractivity contribution in [1.82, 2.24) is 9.80 Å². The summed E-state index contributed by atoms with van der Waals surface area (Å²) < 4.78 is 5.33. The van der Waals surface area contributed by atoms with Gasteiger partial charge in [-0.2, -0.15) is 0 Å². The highest BCUT2D eigenvalue weighted by atomic mass is 16.5. The van der Waals surface area contributed by atoms with E-state index in [1.165, 1.54) is 0 Å². The summed E-state index contributed by atoms with van der Waals surface area (Å²) in [5, 5.41) is 22.2. The summed E-state index contributed by atoms with van der Waals surface area (Å²) >= 11 is 0. The van der Waals surface area contributed by atoms with E-state index in [1.54, 1.807) is 13.2 Å². The van der Waals surface area contributed by atoms with Gasteiger partial charge in [0.15, 0.2) is 11.5 Å². The molecular formula is C21H32N2O3. The highest BCUT2D eigenvalue weighted by Crippen LogP contribution is 2.60. The average Bonchev–Trinajstić information content (AvgIpc) is 2.58. The van der Waals surface area contributed by atoms with Crippen molar-refractivity contribution in [3.05, 3.63) is 23.8 Å². The standard InChI is InChI=1S/C21H32N2O3/c1-13(2)20-9-22-11-21(14(3)4,19(20)25)12-23(10-20)18(22)15-7-6-8-16(26-5)17(15)24/h6-8,13-14,18-19,24-25H,9-12H2,1-5H3. The molecule has 0 radical (unpaired) electrons. The SMILES string of the molecule is COc1cccc(C2N3CC4(C(C)C)CN2CC(C(C)C)(C3)C4O)c1O. The van der Waals surface area contributed by atoms with Crippen LogP contribution in [-0.4, -0.2) is 59.4 Å². The van der Waals surface area contributed by atoms with E-state index in [9.17, 15) is 10.2 Å². The Morgan fingerprint density at radius 3 is 1.92 bits per heavy atom. The first kappa shape index (κ1) is 18.1. The number of hydrogen-bond donors (Lipinski definition) is 2. The minimum atomic E-state index is -0.276. The number of methoxy groups -OCH3 is 1. The smallest absolute Gasteiger partial charge is 0.163 e. The molecule has 5 nitrogen and oxygen atoms in total. The fourth-order valence-electron chi connectivity index (χ4n) is 5.89. The van der Waals surface area contributed by atoms with Crippen molar-refractivity contribution in [3.63, 3.8) is 0 Å². The molecule has 0 aromatic heterocycles. The van der Waals surface area contributed by atoms with Crippen LogP contribution >= 0.6 is 0 Å². The van der Waals surface area contributed by atoms with Crippen LogP contribution in [-0.2, 0) is 0 Å². The molecule has 5 rings (SSSR count). The Bertz CT molecular complexity index is 658. The summed E-state index contributed by atoms with van der Waals surface area (Å²) in [6.45, 7) is 12.5. The zero-order valence-corrected chi connectivity index (χ0v) is 16.6. The van der Waals surface area contributed by atoms with Crippen LogP contribution in [0.25, 0.3) is 0 Å². The van der Waals surface area contributed by atoms with Crippen LogP contribution in [0.2, 0.25) is 0 Å². The molecule has 0 aliphatic carbocycles. The van der Waals surface area contributed by atoms with Gasteiger partial charge in [0.05, 0.1) is 19.4 Å². The molecule has 0 unspecified atom stereocenters. The molecule has 4 saturated heterocycles. The van der Waals surface area contributed by atoms with Crippen LogP contribution in [0.5, 0.6) is 11.5 Å². The number of aliphatic hydroxyl groups is 1. The third-order valence-electron chi connectivity index (χ3n) is 7.60. The first-order chi connectivity index (χ1) is 12.3. The maximum Gasteiger partial charge on any atom is 0.163 e. The predicted molar refractivity (Wildman–Crippen MR) is 101 cm³/mol. The maximum absolute atomic E-state index is 11.4. The van der Waals surface area contributed by atoms with Gasteiger partial charge < -0.3 is 14.9 Å². The van der Waals surface area contributed by atoms with Crippen molar-refractivity contribution in [2.24, 2.45) is 22.7 Å². The molecule has 0 saturated carbocycles. The number of nitrogens with zero attached hydrogens (tertiary/aromatic N) is 2. The molecule has 1 aromatic rings. The molecule has 1 aromatic carbocycles. The molecule has 4 aliphatic rings. The highest BCUT2D eigenvalue weighted by Gasteiger charge is 2.67. The second kappa shape index (κ2) is 5.85. The molecule has 0 atom stereocenters. The molecule has 5 heteroatoms. The van der Waals surface area contributed by atoms with E-state index in [-0.39, 0.29) is 28.8 Å². The van der Waals surface area contributed by atoms with Crippen molar-refractivity contribution in [2.75, 3.05) is 33.3 Å². The summed E-state index contributed by atoms with van der Waals surface area (Å²) in [7, 11) is 1.59. The van der Waals surface area contributed by atoms with Crippen LogP contribution in [0, 0.1) is 22.7 Å². The molecule has 0 amide bonds. The van der Waals surface area contributed by atoms with Crippen molar-refractivity contribution < 1.29 is 14.9 Å². The third kappa shape index (κ3) is 2.14. The van der Waals surface area contributed by atoms with E-state index in [4.69, 9.17) is 4.74 Å². The first-order valence-corrected chi connectivity index (χ1v) is 9.79. The molecule has 4 aliphatic heterocycles. The van der Waals surface area contributed by atoms with Gasteiger partial charge in [-0.1, -0.05) is 39.8 Å². The predicted octanol–water partition coefficient (Wildman–Crippen LogP) is 2.69. The van der Waals surface area contributed by atoms with Gasteiger partial charge in [-0.25, -0.2) is 0 Å². The zero-order valence-electron chi connectivity index (χ0n) is 16.6. The number of rotatable bonds is 4. The Morgan fingerprint density at radius 2 is 1.50 bits per heavy atom. The summed E-state index contributed by atoms with van der Waals surface area (Å²) in [5.41, 5.74) is 0.702. The topological polar surface area (TPSA) is 56.2 Å². The van der Waals surface area contributed by atoms with E-state index in [2.05, 4.69) is 37.5 Å². The van der Waals surface area contributed by atoms with E-state index in [0.29, 0.717) is 17.6 Å². The van der Waals surface area contributed by atoms with E-state index >= 15 is 0 Å². The molecule has 144 valence electrons. The lowest BCUT2D eigenvalue weighted by Crippen LogP contribution is -2.80. The summed E-state index contributed by atoms with van der Waals surface area (Å²) in [6, 6.07) is 5.76. The Kier molecular flexibility index (Phi) is 4.07. The number of hydrogen-bond acceptors (Lipinski definition) is 5. The average molecular weight is 360 g/mol. The molecule has 26 heavy (non-hydrogen) atoms. The number of phenolic OH excluding ortho intramolecular Hbond substituents is 1. The van der Waals surface area contributed by atoms with Gasteiger partial charge >= 0.3 is 0 Å². The minimum absolute atomic E-state index is 0.0522. The number of benzene rings is 1. The minimum Gasteiger partial charge on any atom is -0.504 e. The Labute approximate surface area is 156 Å². The van der Waals surface area contributed by atoms with Gasteiger partial charge in [0, 0.05) is 42.6 Å². The largest absolute Gasteiger partial charge is 0.504 e. The second-order valence-corrected chi connectivity index (χ2v) is 9.26. The van der Waals surface area contributed by atoms with Crippen molar-refractivity contribution >= 4 is 0 Å². The van der Waals surface area contributed by atoms with Gasteiger partial charge in [0.25, 0.3) is 0 Å². The summed E-state index contributed by atoms with van der Waals surface area (Å²) in [6.07, 6.45) is -0.223. The Morgan fingerprint density at radius 1 is 1.00 bits per heavy atom. The fourth-order valence-corrected chi connectivity index (χ4v) is 5.89. The number of ether oxygens (including phenoxy) is 1. The normalized spacial score (nSPS) is 41.2. The maximum atomic E-state index is 11.4. The van der Waals surface area contributed by atoms with E-state index in [1.807, 2.05) is 12.1 Å². The number of aromatic hydroxyl groups is 1. The first-order valence-electron chi connectivity index (χ1n) is 9.79. The van der Waals surface area contributed by atoms with Crippen molar-refractivity contribution in [2.45, 2.75) is 40.0 Å². The molecule has 0 spiro atoms. The highest BCUT2D eigenvalue weighted by molar-refractivity contribution is 5.47.